The molecule has 2 aliphatic carbocycles. The van der Waals surface area contributed by atoms with Crippen LogP contribution in [0.3, 0.4) is 0 Å². The molecule has 0 aromatic heterocycles. The lowest BCUT2D eigenvalue weighted by Gasteiger charge is -2.35. The molecule has 1 unspecified atom stereocenters. The van der Waals surface area contributed by atoms with Crippen molar-refractivity contribution in [1.82, 2.24) is 0 Å². The molecule has 2 heteroatoms. The minimum Gasteiger partial charge on any atom is -0.480 e. The summed E-state index contributed by atoms with van der Waals surface area (Å²) in [6, 6.07) is 7.72. The summed E-state index contributed by atoms with van der Waals surface area (Å²) < 4.78 is 0. The molecule has 0 amide bonds. The van der Waals surface area contributed by atoms with Crippen LogP contribution in [0.1, 0.15) is 17.5 Å². The number of benzene rings is 1. The Morgan fingerprint density at radius 1 is 1.24 bits per heavy atom. The van der Waals surface area contributed by atoms with Crippen molar-refractivity contribution >= 4 is 12.0 Å². The van der Waals surface area contributed by atoms with E-state index in [1.165, 1.54) is 0 Å². The van der Waals surface area contributed by atoms with Crippen LogP contribution in [-0.2, 0) is 10.2 Å². The van der Waals surface area contributed by atoms with Crippen LogP contribution in [0.4, 0.5) is 0 Å². The van der Waals surface area contributed by atoms with Gasteiger partial charge in [0.2, 0.25) is 0 Å². The third-order valence-electron chi connectivity index (χ3n) is 3.56. The Balaban J connectivity index is 2.32. The fourth-order valence-electron chi connectivity index (χ4n) is 2.68. The molecule has 0 bridgehead atoms. The Labute approximate surface area is 99.6 Å². The van der Waals surface area contributed by atoms with Crippen LogP contribution in [-0.4, -0.2) is 11.1 Å². The third-order valence-corrected chi connectivity index (χ3v) is 3.56. The first kappa shape index (κ1) is 10.1. The van der Waals surface area contributed by atoms with Crippen molar-refractivity contribution in [1.29, 1.82) is 0 Å². The molecule has 17 heavy (non-hydrogen) atoms. The molecule has 3 rings (SSSR count). The fraction of sp³-hybridized carbons (Fsp3) is 0.133. The smallest absolute Gasteiger partial charge is 0.318 e. The van der Waals surface area contributed by atoms with Crippen molar-refractivity contribution in [2.45, 2.75) is 11.8 Å². The highest BCUT2D eigenvalue weighted by Gasteiger charge is 2.45. The number of aliphatic carboxylic acids is 1. The van der Waals surface area contributed by atoms with Crippen LogP contribution in [0.15, 0.2) is 54.1 Å². The number of allylic oxidation sites excluding steroid dienone is 4. The summed E-state index contributed by atoms with van der Waals surface area (Å²) in [5, 5.41) is 9.66. The highest BCUT2D eigenvalue weighted by atomic mass is 16.4. The molecule has 0 heterocycles. The first-order valence-corrected chi connectivity index (χ1v) is 5.63. The van der Waals surface area contributed by atoms with Gasteiger partial charge in [0.1, 0.15) is 5.41 Å². The maximum atomic E-state index is 11.8. The normalized spacial score (nSPS) is 24.8. The van der Waals surface area contributed by atoms with Gasteiger partial charge >= 0.3 is 5.97 Å². The Hall–Kier alpha value is -2.09. The van der Waals surface area contributed by atoms with Gasteiger partial charge in [0.25, 0.3) is 0 Å². The molecule has 0 saturated carbocycles. The summed E-state index contributed by atoms with van der Waals surface area (Å²) >= 11 is 0. The zero-order valence-corrected chi connectivity index (χ0v) is 9.26. The second-order valence-corrected chi connectivity index (χ2v) is 4.39. The molecule has 0 saturated heterocycles. The lowest BCUT2D eigenvalue weighted by Crippen LogP contribution is -2.39. The largest absolute Gasteiger partial charge is 0.480 e. The number of carboxylic acids is 1. The van der Waals surface area contributed by atoms with Gasteiger partial charge in [-0.2, -0.15) is 0 Å². The predicted octanol–water partition coefficient (Wildman–Crippen LogP) is 2.92. The predicted molar refractivity (Wildman–Crippen MR) is 66.6 cm³/mol. The van der Waals surface area contributed by atoms with Crippen molar-refractivity contribution in [3.8, 4) is 0 Å². The third kappa shape index (κ3) is 1.24. The quantitative estimate of drug-likeness (QED) is 0.796. The monoisotopic (exact) mass is 224 g/mol. The number of carbonyl (C=O) groups is 1. The minimum absolute atomic E-state index is 0.523. The fourth-order valence-corrected chi connectivity index (χ4v) is 2.68. The van der Waals surface area contributed by atoms with E-state index >= 15 is 0 Å². The van der Waals surface area contributed by atoms with Crippen LogP contribution in [0.5, 0.6) is 0 Å². The van der Waals surface area contributed by atoms with Gasteiger partial charge in [0, 0.05) is 0 Å². The van der Waals surface area contributed by atoms with Crippen molar-refractivity contribution in [3.63, 3.8) is 0 Å². The average molecular weight is 224 g/mol. The maximum Gasteiger partial charge on any atom is 0.318 e. The van der Waals surface area contributed by atoms with Crippen LogP contribution in [0.2, 0.25) is 0 Å². The summed E-state index contributed by atoms with van der Waals surface area (Å²) in [6.07, 6.45) is 10.2. The second-order valence-electron chi connectivity index (χ2n) is 4.39. The molecule has 84 valence electrons. The lowest BCUT2D eigenvalue weighted by atomic mass is 9.66. The highest BCUT2D eigenvalue weighted by Crippen LogP contribution is 2.44. The zero-order chi connectivity index (χ0) is 11.9. The summed E-state index contributed by atoms with van der Waals surface area (Å²) in [4.78, 5) is 11.8. The van der Waals surface area contributed by atoms with E-state index in [9.17, 15) is 9.90 Å². The second kappa shape index (κ2) is 3.45. The highest BCUT2D eigenvalue weighted by molar-refractivity contribution is 5.91. The van der Waals surface area contributed by atoms with Crippen molar-refractivity contribution < 1.29 is 9.90 Å². The SMILES string of the molecule is O=C(O)C12CC=CC=C1C=Cc1ccccc12. The number of rotatable bonds is 1. The molecule has 1 aromatic rings. The van der Waals surface area contributed by atoms with Gasteiger partial charge in [0.15, 0.2) is 0 Å². The maximum absolute atomic E-state index is 11.8. The number of carboxylic acid groups (broad SMARTS) is 1. The van der Waals surface area contributed by atoms with Gasteiger partial charge in [-0.05, 0) is 23.1 Å². The Kier molecular flexibility index (Phi) is 2.05. The lowest BCUT2D eigenvalue weighted by molar-refractivity contribution is -0.142. The molecule has 0 aliphatic heterocycles. The molecule has 2 aliphatic rings. The topological polar surface area (TPSA) is 37.3 Å². The Bertz CT molecular complexity index is 578. The first-order chi connectivity index (χ1) is 8.25. The summed E-state index contributed by atoms with van der Waals surface area (Å²) in [5.74, 6) is -0.773. The molecule has 0 radical (unpaired) electrons. The van der Waals surface area contributed by atoms with E-state index < -0.39 is 11.4 Å². The van der Waals surface area contributed by atoms with Crippen LogP contribution < -0.4 is 0 Å². The summed E-state index contributed by atoms with van der Waals surface area (Å²) in [7, 11) is 0. The number of hydrogen-bond acceptors (Lipinski definition) is 1. The standard InChI is InChI=1S/C15H12O2/c16-14(17)15-10-4-3-6-12(15)9-8-11-5-1-2-7-13(11)15/h1-9H,10H2,(H,16,17). The molecule has 0 fully saturated rings. The zero-order valence-electron chi connectivity index (χ0n) is 9.26. The Morgan fingerprint density at radius 2 is 2.06 bits per heavy atom. The van der Waals surface area contributed by atoms with Gasteiger partial charge in [-0.1, -0.05) is 54.6 Å². The van der Waals surface area contributed by atoms with Gasteiger partial charge < -0.3 is 5.11 Å². The van der Waals surface area contributed by atoms with Gasteiger partial charge in [-0.25, -0.2) is 0 Å². The molecule has 2 nitrogen and oxygen atoms in total. The summed E-state index contributed by atoms with van der Waals surface area (Å²) in [6.45, 7) is 0. The van der Waals surface area contributed by atoms with Crippen molar-refractivity contribution in [3.05, 3.63) is 65.3 Å². The van der Waals surface area contributed by atoms with Crippen molar-refractivity contribution in [2.75, 3.05) is 0 Å². The first-order valence-electron chi connectivity index (χ1n) is 5.63. The molecule has 1 aromatic carbocycles. The van der Waals surface area contributed by atoms with Gasteiger partial charge in [-0.3, -0.25) is 4.79 Å². The van der Waals surface area contributed by atoms with Crippen LogP contribution >= 0.6 is 0 Å². The molecule has 1 N–H and O–H groups in total. The molecule has 1 atom stereocenters. The van der Waals surface area contributed by atoms with E-state index in [1.54, 1.807) is 0 Å². The number of fused-ring (bicyclic) bond motifs is 3. The molecular formula is C15H12O2. The molecular weight excluding hydrogens is 212 g/mol. The van der Waals surface area contributed by atoms with E-state index in [1.807, 2.05) is 54.6 Å². The van der Waals surface area contributed by atoms with E-state index in [4.69, 9.17) is 0 Å². The van der Waals surface area contributed by atoms with Gasteiger partial charge in [-0.15, -0.1) is 0 Å². The summed E-state index contributed by atoms with van der Waals surface area (Å²) in [5.41, 5.74) is 1.87. The number of hydrogen-bond donors (Lipinski definition) is 1. The van der Waals surface area contributed by atoms with Crippen LogP contribution in [0.25, 0.3) is 6.08 Å². The Morgan fingerprint density at radius 3 is 2.88 bits per heavy atom. The van der Waals surface area contributed by atoms with E-state index in [0.717, 1.165) is 16.7 Å². The average Bonchev–Trinajstić information content (AvgIpc) is 2.38. The van der Waals surface area contributed by atoms with Crippen molar-refractivity contribution in [2.24, 2.45) is 0 Å². The van der Waals surface area contributed by atoms with Gasteiger partial charge in [0.05, 0.1) is 0 Å². The van der Waals surface area contributed by atoms with Crippen LogP contribution in [0, 0.1) is 0 Å². The molecule has 0 spiro atoms. The minimum atomic E-state index is -0.889. The van der Waals surface area contributed by atoms with E-state index in [2.05, 4.69) is 0 Å². The van der Waals surface area contributed by atoms with E-state index in [0.29, 0.717) is 6.42 Å². The van der Waals surface area contributed by atoms with E-state index in [-0.39, 0.29) is 0 Å².